The molecule has 0 aliphatic carbocycles. The molecule has 0 unspecified atom stereocenters. The van der Waals surface area contributed by atoms with Crippen molar-refractivity contribution in [3.05, 3.63) is 46.8 Å². The fourth-order valence-corrected chi connectivity index (χ4v) is 3.72. The van der Waals surface area contributed by atoms with Gasteiger partial charge in [-0.3, -0.25) is 5.10 Å². The molecule has 2 N–H and O–H groups in total. The first kappa shape index (κ1) is 20.4. The molecule has 0 spiro atoms. The summed E-state index contributed by atoms with van der Waals surface area (Å²) < 4.78 is 7.88. The van der Waals surface area contributed by atoms with Crippen molar-refractivity contribution in [3.8, 4) is 0 Å². The Morgan fingerprint density at radius 2 is 2.07 bits per heavy atom. The standard InChI is InChI=1S/C22H33N5O/c1-6-15(2)20(25-21-7-10-23-26-21)13-16(3)22-17(4)27(18(5)24-22)14-19-8-11-28-12-9-19/h7,10,13,19H,6,8-9,11-12,14H2,1-5H3,(H2,23,25,26)/b16-13-,20-15-. The third-order valence-corrected chi connectivity index (χ3v) is 5.69. The molecule has 6 nitrogen and oxygen atoms in total. The molecule has 1 aliphatic heterocycles. The molecular weight excluding hydrogens is 350 g/mol. The van der Waals surface area contributed by atoms with Gasteiger partial charge in [0.15, 0.2) is 0 Å². The second-order valence-corrected chi connectivity index (χ2v) is 7.73. The quantitative estimate of drug-likeness (QED) is 0.671. The number of hydrogen-bond acceptors (Lipinski definition) is 4. The number of allylic oxidation sites excluding steroid dienone is 3. The average Bonchev–Trinajstić information content (AvgIpc) is 3.31. The molecule has 0 aromatic carbocycles. The normalized spacial score (nSPS) is 17.0. The van der Waals surface area contributed by atoms with Gasteiger partial charge in [0, 0.05) is 37.2 Å². The lowest BCUT2D eigenvalue weighted by atomic mass is 10.00. The van der Waals surface area contributed by atoms with Crippen molar-refractivity contribution in [3.63, 3.8) is 0 Å². The van der Waals surface area contributed by atoms with Crippen molar-refractivity contribution in [2.75, 3.05) is 18.5 Å². The van der Waals surface area contributed by atoms with Gasteiger partial charge in [-0.15, -0.1) is 0 Å². The van der Waals surface area contributed by atoms with E-state index in [1.54, 1.807) is 6.20 Å². The van der Waals surface area contributed by atoms with E-state index >= 15 is 0 Å². The molecule has 2 aromatic heterocycles. The van der Waals surface area contributed by atoms with E-state index in [-0.39, 0.29) is 0 Å². The van der Waals surface area contributed by atoms with Crippen molar-refractivity contribution < 1.29 is 4.74 Å². The third-order valence-electron chi connectivity index (χ3n) is 5.69. The second-order valence-electron chi connectivity index (χ2n) is 7.73. The van der Waals surface area contributed by atoms with E-state index in [2.05, 4.69) is 60.8 Å². The Labute approximate surface area is 168 Å². The molecular formula is C22H33N5O. The van der Waals surface area contributed by atoms with E-state index in [1.807, 2.05) is 6.07 Å². The zero-order valence-corrected chi connectivity index (χ0v) is 17.8. The van der Waals surface area contributed by atoms with Crippen molar-refractivity contribution in [1.29, 1.82) is 0 Å². The molecule has 0 saturated carbocycles. The van der Waals surface area contributed by atoms with Gasteiger partial charge in [0.05, 0.1) is 11.9 Å². The number of anilines is 1. The summed E-state index contributed by atoms with van der Waals surface area (Å²) in [6, 6.07) is 1.93. The smallest absolute Gasteiger partial charge is 0.125 e. The maximum Gasteiger partial charge on any atom is 0.125 e. The van der Waals surface area contributed by atoms with Crippen LogP contribution in [-0.4, -0.2) is 33.0 Å². The minimum absolute atomic E-state index is 0.678. The predicted molar refractivity (Wildman–Crippen MR) is 114 cm³/mol. The molecule has 152 valence electrons. The van der Waals surface area contributed by atoms with Crippen LogP contribution < -0.4 is 5.32 Å². The molecule has 28 heavy (non-hydrogen) atoms. The van der Waals surface area contributed by atoms with Crippen LogP contribution in [0.4, 0.5) is 5.82 Å². The molecule has 2 aromatic rings. The predicted octanol–water partition coefficient (Wildman–Crippen LogP) is 4.85. The second kappa shape index (κ2) is 9.24. The Morgan fingerprint density at radius 3 is 2.71 bits per heavy atom. The lowest BCUT2D eigenvalue weighted by Gasteiger charge is -2.23. The Bertz CT molecular complexity index is 839. The van der Waals surface area contributed by atoms with Crippen molar-refractivity contribution in [1.82, 2.24) is 19.7 Å². The van der Waals surface area contributed by atoms with Crippen LogP contribution in [0.1, 0.15) is 57.2 Å². The lowest BCUT2D eigenvalue weighted by molar-refractivity contribution is 0.0609. The number of aromatic nitrogens is 4. The molecule has 3 heterocycles. The Hall–Kier alpha value is -2.34. The summed E-state index contributed by atoms with van der Waals surface area (Å²) in [6.45, 7) is 13.6. The van der Waals surface area contributed by atoms with E-state index in [0.29, 0.717) is 5.92 Å². The zero-order valence-electron chi connectivity index (χ0n) is 17.8. The largest absolute Gasteiger partial charge is 0.381 e. The van der Waals surface area contributed by atoms with Crippen LogP contribution >= 0.6 is 0 Å². The van der Waals surface area contributed by atoms with Gasteiger partial charge in [0.1, 0.15) is 11.6 Å². The van der Waals surface area contributed by atoms with Crippen LogP contribution in [0.15, 0.2) is 29.6 Å². The highest BCUT2D eigenvalue weighted by Gasteiger charge is 2.19. The fraction of sp³-hybridized carbons (Fsp3) is 0.545. The number of ether oxygens (including phenoxy) is 1. The van der Waals surface area contributed by atoms with E-state index in [4.69, 9.17) is 9.72 Å². The molecule has 3 rings (SSSR count). The highest BCUT2D eigenvalue weighted by atomic mass is 16.5. The van der Waals surface area contributed by atoms with Crippen LogP contribution in [0.3, 0.4) is 0 Å². The summed E-state index contributed by atoms with van der Waals surface area (Å²) in [7, 11) is 0. The molecule has 1 fully saturated rings. The average molecular weight is 384 g/mol. The minimum atomic E-state index is 0.678. The van der Waals surface area contributed by atoms with E-state index in [0.717, 1.165) is 62.1 Å². The summed E-state index contributed by atoms with van der Waals surface area (Å²) in [4.78, 5) is 4.90. The van der Waals surface area contributed by atoms with E-state index in [1.165, 1.54) is 16.8 Å². The SMILES string of the molecule is CC/C(C)=C(/C=C(/C)c1nc(C)n(CC2CCOCC2)c1C)Nc1ccn[nH]1. The van der Waals surface area contributed by atoms with Gasteiger partial charge in [0.25, 0.3) is 0 Å². The zero-order chi connectivity index (χ0) is 20.1. The van der Waals surface area contributed by atoms with Crippen molar-refractivity contribution >= 4 is 11.4 Å². The van der Waals surface area contributed by atoms with Gasteiger partial charge >= 0.3 is 0 Å². The van der Waals surface area contributed by atoms with Crippen molar-refractivity contribution in [2.24, 2.45) is 5.92 Å². The van der Waals surface area contributed by atoms with Gasteiger partial charge in [-0.1, -0.05) is 12.5 Å². The number of imidazole rings is 1. The Morgan fingerprint density at radius 1 is 1.32 bits per heavy atom. The molecule has 6 heteroatoms. The van der Waals surface area contributed by atoms with E-state index < -0.39 is 0 Å². The van der Waals surface area contributed by atoms with E-state index in [9.17, 15) is 0 Å². The van der Waals surface area contributed by atoms with Gasteiger partial charge < -0.3 is 14.6 Å². The number of aromatic amines is 1. The first-order valence-electron chi connectivity index (χ1n) is 10.3. The van der Waals surface area contributed by atoms with Gasteiger partial charge in [-0.25, -0.2) is 4.98 Å². The third kappa shape index (κ3) is 4.73. The van der Waals surface area contributed by atoms with Crippen LogP contribution in [0.25, 0.3) is 5.57 Å². The Kier molecular flexibility index (Phi) is 6.73. The number of rotatable bonds is 7. The summed E-state index contributed by atoms with van der Waals surface area (Å²) in [5.74, 6) is 2.66. The maximum atomic E-state index is 5.51. The summed E-state index contributed by atoms with van der Waals surface area (Å²) in [5, 5.41) is 10.5. The van der Waals surface area contributed by atoms with Crippen LogP contribution in [0.2, 0.25) is 0 Å². The molecule has 1 aliphatic rings. The summed E-state index contributed by atoms with van der Waals surface area (Å²) >= 11 is 0. The first-order valence-corrected chi connectivity index (χ1v) is 10.3. The van der Waals surface area contributed by atoms with Crippen molar-refractivity contribution in [2.45, 2.75) is 60.4 Å². The number of nitrogens with zero attached hydrogens (tertiary/aromatic N) is 3. The molecule has 0 amide bonds. The number of aryl methyl sites for hydroxylation is 1. The van der Waals surface area contributed by atoms with Gasteiger partial charge in [-0.05, 0) is 64.5 Å². The lowest BCUT2D eigenvalue weighted by Crippen LogP contribution is -2.21. The number of nitrogens with one attached hydrogen (secondary N) is 2. The summed E-state index contributed by atoms with van der Waals surface area (Å²) in [5.41, 5.74) is 5.89. The topological polar surface area (TPSA) is 67.8 Å². The fourth-order valence-electron chi connectivity index (χ4n) is 3.72. The monoisotopic (exact) mass is 383 g/mol. The summed E-state index contributed by atoms with van der Waals surface area (Å²) in [6.07, 6.45) is 7.21. The Balaban J connectivity index is 1.85. The van der Waals surface area contributed by atoms with Gasteiger partial charge in [-0.2, -0.15) is 5.10 Å². The van der Waals surface area contributed by atoms with Gasteiger partial charge in [0.2, 0.25) is 0 Å². The highest BCUT2D eigenvalue weighted by Crippen LogP contribution is 2.25. The minimum Gasteiger partial charge on any atom is -0.381 e. The first-order chi connectivity index (χ1) is 13.5. The van der Waals surface area contributed by atoms with Crippen LogP contribution in [0.5, 0.6) is 0 Å². The highest BCUT2D eigenvalue weighted by molar-refractivity contribution is 5.67. The molecule has 0 bridgehead atoms. The number of hydrogen-bond donors (Lipinski definition) is 2. The van der Waals surface area contributed by atoms with Crippen LogP contribution in [-0.2, 0) is 11.3 Å². The van der Waals surface area contributed by atoms with Crippen LogP contribution in [0, 0.1) is 19.8 Å². The maximum absolute atomic E-state index is 5.51. The molecule has 0 radical (unpaired) electrons. The number of H-pyrrole nitrogens is 1. The molecule has 1 saturated heterocycles. The molecule has 0 atom stereocenters.